The van der Waals surface area contributed by atoms with Crippen LogP contribution in [0.2, 0.25) is 0 Å². The van der Waals surface area contributed by atoms with Gasteiger partial charge in [-0.3, -0.25) is 4.79 Å². The van der Waals surface area contributed by atoms with Crippen molar-refractivity contribution in [3.05, 3.63) is 40.9 Å². The Bertz CT molecular complexity index is 603. The molecule has 0 saturated carbocycles. The van der Waals surface area contributed by atoms with Crippen LogP contribution in [-0.4, -0.2) is 18.0 Å². The zero-order valence-electron chi connectivity index (χ0n) is 12.1. The number of hydrogen-bond donors (Lipinski definition) is 1. The fraction of sp³-hybridized carbons (Fsp3) is 0.333. The molecule has 1 aromatic heterocycles. The normalized spacial score (nSPS) is 11.2. The smallest absolute Gasteiger partial charge is 0.236 e. The Balaban J connectivity index is 2.17. The van der Waals surface area contributed by atoms with E-state index in [1.54, 1.807) is 7.11 Å². The second-order valence-electron chi connectivity index (χ2n) is 5.10. The van der Waals surface area contributed by atoms with Gasteiger partial charge in [-0.25, -0.2) is 4.98 Å². The molecule has 4 nitrogen and oxygen atoms in total. The minimum absolute atomic E-state index is 0.0722. The number of nitrogens with zero attached hydrogens (tertiary/aromatic N) is 1. The number of ether oxygens (including phenoxy) is 1. The number of hydrogen-bond acceptors (Lipinski definition) is 4. The van der Waals surface area contributed by atoms with Crippen LogP contribution in [0.1, 0.15) is 25.1 Å². The van der Waals surface area contributed by atoms with Crippen molar-refractivity contribution in [3.8, 4) is 5.75 Å². The van der Waals surface area contributed by atoms with E-state index in [1.807, 2.05) is 50.4 Å². The highest BCUT2D eigenvalue weighted by molar-refractivity contribution is 7.13. The molecule has 20 heavy (non-hydrogen) atoms. The van der Waals surface area contributed by atoms with Gasteiger partial charge in [0.15, 0.2) is 5.13 Å². The first-order valence-electron chi connectivity index (χ1n) is 6.31. The molecular weight excluding hydrogens is 272 g/mol. The predicted octanol–water partition coefficient (Wildman–Crippen LogP) is 3.38. The van der Waals surface area contributed by atoms with Crippen molar-refractivity contribution < 1.29 is 9.53 Å². The van der Waals surface area contributed by atoms with Crippen LogP contribution in [-0.2, 0) is 10.2 Å². The minimum Gasteiger partial charge on any atom is -0.497 e. The van der Waals surface area contributed by atoms with Crippen molar-refractivity contribution in [2.24, 2.45) is 0 Å². The number of aromatic nitrogens is 1. The first kappa shape index (κ1) is 14.5. The second-order valence-corrected chi connectivity index (χ2v) is 5.96. The number of carbonyl (C=O) groups is 1. The third kappa shape index (κ3) is 2.99. The van der Waals surface area contributed by atoms with Gasteiger partial charge in [-0.2, -0.15) is 0 Å². The van der Waals surface area contributed by atoms with Crippen LogP contribution in [0.15, 0.2) is 29.6 Å². The van der Waals surface area contributed by atoms with Gasteiger partial charge < -0.3 is 10.1 Å². The first-order valence-corrected chi connectivity index (χ1v) is 7.19. The molecular formula is C15H18N2O2S. The molecule has 1 heterocycles. The average molecular weight is 290 g/mol. The van der Waals surface area contributed by atoms with Crippen molar-refractivity contribution in [1.29, 1.82) is 0 Å². The number of nitrogens with one attached hydrogen (secondary N) is 1. The Hall–Kier alpha value is -1.88. The van der Waals surface area contributed by atoms with Gasteiger partial charge in [0.05, 0.1) is 18.2 Å². The number of aryl methyl sites for hydroxylation is 1. The average Bonchev–Trinajstić information content (AvgIpc) is 2.84. The van der Waals surface area contributed by atoms with E-state index >= 15 is 0 Å². The molecule has 106 valence electrons. The highest BCUT2D eigenvalue weighted by Gasteiger charge is 2.30. The lowest BCUT2D eigenvalue weighted by Gasteiger charge is -2.23. The Kier molecular flexibility index (Phi) is 4.09. The van der Waals surface area contributed by atoms with Gasteiger partial charge in [-0.15, -0.1) is 11.3 Å². The third-order valence-corrected chi connectivity index (χ3v) is 4.09. The Morgan fingerprint density at radius 2 is 1.95 bits per heavy atom. The molecule has 0 spiro atoms. The van der Waals surface area contributed by atoms with Crippen LogP contribution in [0, 0.1) is 6.92 Å². The van der Waals surface area contributed by atoms with Gasteiger partial charge in [0.1, 0.15) is 5.75 Å². The summed E-state index contributed by atoms with van der Waals surface area (Å²) in [6.45, 7) is 5.69. The molecule has 0 aliphatic carbocycles. The molecule has 0 radical (unpaired) electrons. The van der Waals surface area contributed by atoms with Crippen molar-refractivity contribution in [1.82, 2.24) is 4.98 Å². The molecule has 1 amide bonds. The lowest BCUT2D eigenvalue weighted by atomic mass is 9.84. The summed E-state index contributed by atoms with van der Waals surface area (Å²) in [6, 6.07) is 7.53. The summed E-state index contributed by atoms with van der Waals surface area (Å²) < 4.78 is 5.13. The molecule has 5 heteroatoms. The number of thiazole rings is 1. The van der Waals surface area contributed by atoms with E-state index in [9.17, 15) is 4.79 Å². The molecule has 0 bridgehead atoms. The largest absolute Gasteiger partial charge is 0.497 e. The predicted molar refractivity (Wildman–Crippen MR) is 81.5 cm³/mol. The van der Waals surface area contributed by atoms with Crippen LogP contribution in [0.5, 0.6) is 5.75 Å². The molecule has 0 aliphatic rings. The molecule has 2 rings (SSSR count). The van der Waals surface area contributed by atoms with Crippen molar-refractivity contribution in [2.75, 3.05) is 12.4 Å². The maximum absolute atomic E-state index is 12.4. The Morgan fingerprint density at radius 1 is 1.30 bits per heavy atom. The molecule has 1 aromatic carbocycles. The lowest BCUT2D eigenvalue weighted by molar-refractivity contribution is -0.120. The Labute approximate surface area is 122 Å². The zero-order chi connectivity index (χ0) is 14.8. The summed E-state index contributed by atoms with van der Waals surface area (Å²) in [7, 11) is 1.62. The fourth-order valence-corrected chi connectivity index (χ4v) is 2.49. The topological polar surface area (TPSA) is 51.2 Å². The zero-order valence-corrected chi connectivity index (χ0v) is 12.9. The SMILES string of the molecule is COc1ccc(C(C)(C)C(=O)Nc2nc(C)cs2)cc1. The minimum atomic E-state index is -0.633. The number of rotatable bonds is 4. The van der Waals surface area contributed by atoms with E-state index in [2.05, 4.69) is 10.3 Å². The second kappa shape index (κ2) is 5.63. The van der Waals surface area contributed by atoms with Crippen molar-refractivity contribution in [2.45, 2.75) is 26.2 Å². The van der Waals surface area contributed by atoms with Gasteiger partial charge >= 0.3 is 0 Å². The van der Waals surface area contributed by atoms with Crippen LogP contribution < -0.4 is 10.1 Å². The quantitative estimate of drug-likeness (QED) is 0.939. The van der Waals surface area contributed by atoms with Gasteiger partial charge in [0.25, 0.3) is 0 Å². The molecule has 0 atom stereocenters. The van der Waals surface area contributed by atoms with E-state index in [0.29, 0.717) is 5.13 Å². The first-order chi connectivity index (χ1) is 9.43. The van der Waals surface area contributed by atoms with Crippen LogP contribution in [0.25, 0.3) is 0 Å². The molecule has 1 N–H and O–H groups in total. The van der Waals surface area contributed by atoms with Gasteiger partial charge in [0, 0.05) is 5.38 Å². The molecule has 0 saturated heterocycles. The van der Waals surface area contributed by atoms with E-state index in [1.165, 1.54) is 11.3 Å². The number of methoxy groups -OCH3 is 1. The molecule has 0 aliphatic heterocycles. The van der Waals surface area contributed by atoms with E-state index < -0.39 is 5.41 Å². The van der Waals surface area contributed by atoms with Crippen molar-refractivity contribution in [3.63, 3.8) is 0 Å². The third-order valence-electron chi connectivity index (χ3n) is 3.22. The number of carbonyl (C=O) groups excluding carboxylic acids is 1. The summed E-state index contributed by atoms with van der Waals surface area (Å²) in [6.07, 6.45) is 0. The van der Waals surface area contributed by atoms with Crippen LogP contribution in [0.3, 0.4) is 0 Å². The number of benzene rings is 1. The van der Waals surface area contributed by atoms with E-state index in [4.69, 9.17) is 4.74 Å². The van der Waals surface area contributed by atoms with Crippen molar-refractivity contribution >= 4 is 22.4 Å². The molecule has 2 aromatic rings. The molecule has 0 fully saturated rings. The summed E-state index contributed by atoms with van der Waals surface area (Å²) in [5.41, 5.74) is 1.21. The lowest BCUT2D eigenvalue weighted by Crippen LogP contribution is -2.34. The Morgan fingerprint density at radius 3 is 2.45 bits per heavy atom. The summed E-state index contributed by atoms with van der Waals surface area (Å²) >= 11 is 1.43. The summed E-state index contributed by atoms with van der Waals surface area (Å²) in [5, 5.41) is 5.41. The van der Waals surface area contributed by atoms with Gasteiger partial charge in [0.2, 0.25) is 5.91 Å². The van der Waals surface area contributed by atoms with Crippen LogP contribution >= 0.6 is 11.3 Å². The van der Waals surface area contributed by atoms with E-state index in [0.717, 1.165) is 17.0 Å². The number of amides is 1. The molecule has 0 unspecified atom stereocenters. The highest BCUT2D eigenvalue weighted by atomic mass is 32.1. The summed E-state index contributed by atoms with van der Waals surface area (Å²) in [4.78, 5) is 16.7. The van der Waals surface area contributed by atoms with Gasteiger partial charge in [-0.1, -0.05) is 12.1 Å². The monoisotopic (exact) mass is 290 g/mol. The fourth-order valence-electron chi connectivity index (χ4n) is 1.80. The van der Waals surface area contributed by atoms with Gasteiger partial charge in [-0.05, 0) is 38.5 Å². The maximum atomic E-state index is 12.4. The van der Waals surface area contributed by atoms with Crippen LogP contribution in [0.4, 0.5) is 5.13 Å². The van der Waals surface area contributed by atoms with E-state index in [-0.39, 0.29) is 5.91 Å². The maximum Gasteiger partial charge on any atom is 0.236 e. The summed E-state index contributed by atoms with van der Waals surface area (Å²) in [5.74, 6) is 0.706. The highest BCUT2D eigenvalue weighted by Crippen LogP contribution is 2.27. The number of anilines is 1. The standard InChI is InChI=1S/C15H18N2O2S/c1-10-9-20-14(16-10)17-13(18)15(2,3)11-5-7-12(19-4)8-6-11/h5-9H,1-4H3,(H,16,17,18).